The molecule has 0 unspecified atom stereocenters. The Morgan fingerprint density at radius 1 is 1.42 bits per heavy atom. The van der Waals surface area contributed by atoms with Gasteiger partial charge in [-0.15, -0.1) is 0 Å². The predicted molar refractivity (Wildman–Crippen MR) is 91.2 cm³/mol. The first-order valence-corrected chi connectivity index (χ1v) is 8.09. The zero-order valence-electron chi connectivity index (χ0n) is 13.1. The van der Waals surface area contributed by atoms with Crippen molar-refractivity contribution >= 4 is 38.3 Å². The largest absolute Gasteiger partial charge is 0.309 e. The monoisotopic (exact) mass is 345 g/mol. The fraction of sp³-hybridized carbons (Fsp3) is 0.267. The van der Waals surface area contributed by atoms with Gasteiger partial charge in [0.05, 0.1) is 15.1 Å². The third kappa shape index (κ3) is 3.40. The van der Waals surface area contributed by atoms with Gasteiger partial charge in [0, 0.05) is 13.0 Å². The smallest absolute Gasteiger partial charge is 0.302 e. The minimum absolute atomic E-state index is 0.0445. The molecule has 3 rings (SSSR count). The Labute approximate surface area is 141 Å². The second kappa shape index (κ2) is 6.36. The van der Waals surface area contributed by atoms with E-state index in [-0.39, 0.29) is 24.6 Å². The Morgan fingerprint density at radius 2 is 2.21 bits per heavy atom. The van der Waals surface area contributed by atoms with E-state index in [0.29, 0.717) is 10.8 Å². The number of nitrogens with one attached hydrogen (secondary N) is 1. The molecule has 0 aliphatic carbocycles. The molecule has 0 bridgehead atoms. The van der Waals surface area contributed by atoms with E-state index in [1.165, 1.54) is 22.2 Å². The maximum absolute atomic E-state index is 12.0. The van der Waals surface area contributed by atoms with Gasteiger partial charge in [-0.1, -0.05) is 17.4 Å². The van der Waals surface area contributed by atoms with E-state index >= 15 is 0 Å². The van der Waals surface area contributed by atoms with Gasteiger partial charge in [-0.3, -0.25) is 19.6 Å². The van der Waals surface area contributed by atoms with Gasteiger partial charge in [-0.25, -0.2) is 4.98 Å². The van der Waals surface area contributed by atoms with Gasteiger partial charge >= 0.3 is 5.69 Å². The number of anilines is 1. The van der Waals surface area contributed by atoms with Crippen LogP contribution in [0.2, 0.25) is 0 Å². The van der Waals surface area contributed by atoms with Crippen LogP contribution in [0.3, 0.4) is 0 Å². The van der Waals surface area contributed by atoms with Crippen LogP contribution >= 0.6 is 11.3 Å². The molecule has 0 radical (unpaired) electrons. The van der Waals surface area contributed by atoms with Gasteiger partial charge in [0.1, 0.15) is 11.9 Å². The van der Waals surface area contributed by atoms with Crippen LogP contribution < -0.4 is 5.32 Å². The molecule has 124 valence electrons. The van der Waals surface area contributed by atoms with Crippen molar-refractivity contribution in [2.24, 2.45) is 0 Å². The molecule has 8 nitrogen and oxygen atoms in total. The quantitative estimate of drug-likeness (QED) is 0.565. The van der Waals surface area contributed by atoms with Gasteiger partial charge in [0.25, 0.3) is 0 Å². The topological polar surface area (TPSA) is 103 Å². The van der Waals surface area contributed by atoms with E-state index < -0.39 is 4.92 Å². The third-order valence-corrected chi connectivity index (χ3v) is 4.41. The molecule has 2 heterocycles. The normalized spacial score (nSPS) is 10.9. The highest BCUT2D eigenvalue weighted by molar-refractivity contribution is 7.22. The molecule has 0 aliphatic rings. The van der Waals surface area contributed by atoms with Crippen molar-refractivity contribution in [1.82, 2.24) is 14.8 Å². The Morgan fingerprint density at radius 3 is 2.92 bits per heavy atom. The Bertz CT molecular complexity index is 930. The van der Waals surface area contributed by atoms with E-state index in [1.807, 2.05) is 25.1 Å². The lowest BCUT2D eigenvalue weighted by Gasteiger charge is -2.01. The second-order valence-electron chi connectivity index (χ2n) is 5.41. The van der Waals surface area contributed by atoms with E-state index in [9.17, 15) is 14.9 Å². The Kier molecular flexibility index (Phi) is 4.26. The van der Waals surface area contributed by atoms with Crippen molar-refractivity contribution in [2.75, 3.05) is 5.32 Å². The lowest BCUT2D eigenvalue weighted by Crippen LogP contribution is -2.14. The van der Waals surface area contributed by atoms with Gasteiger partial charge in [0.2, 0.25) is 5.91 Å². The fourth-order valence-corrected chi connectivity index (χ4v) is 3.26. The third-order valence-electron chi connectivity index (χ3n) is 3.48. The number of hydrogen-bond acceptors (Lipinski definition) is 6. The molecule has 1 aromatic carbocycles. The lowest BCUT2D eigenvalue weighted by atomic mass is 10.2. The molecule has 0 atom stereocenters. The molecule has 0 spiro atoms. The number of amides is 1. The first kappa shape index (κ1) is 16.1. The highest BCUT2D eigenvalue weighted by atomic mass is 32.1. The van der Waals surface area contributed by atoms with Crippen LogP contribution in [0, 0.1) is 24.0 Å². The van der Waals surface area contributed by atoms with Crippen molar-refractivity contribution in [2.45, 2.75) is 26.8 Å². The van der Waals surface area contributed by atoms with Crippen LogP contribution in [0.25, 0.3) is 10.2 Å². The maximum atomic E-state index is 12.0. The van der Waals surface area contributed by atoms with Crippen LogP contribution in [0.5, 0.6) is 0 Å². The van der Waals surface area contributed by atoms with Crippen LogP contribution in [0.15, 0.2) is 24.4 Å². The summed E-state index contributed by atoms with van der Waals surface area (Å²) in [7, 11) is 0. The minimum atomic E-state index is -0.484. The van der Waals surface area contributed by atoms with Crippen molar-refractivity contribution in [3.05, 3.63) is 45.8 Å². The summed E-state index contributed by atoms with van der Waals surface area (Å²) < 4.78 is 2.43. The van der Waals surface area contributed by atoms with Gasteiger partial charge in [-0.05, 0) is 31.5 Å². The van der Waals surface area contributed by atoms with E-state index in [4.69, 9.17) is 0 Å². The molecule has 3 aromatic rings. The van der Waals surface area contributed by atoms with E-state index in [2.05, 4.69) is 15.4 Å². The SMILES string of the molecule is Cc1ccc2nc(NC(=O)CCn3cc([N+](=O)[O-])c(C)n3)sc2c1. The number of carbonyl (C=O) groups excluding carboxylic acids is 1. The number of nitrogens with zero attached hydrogens (tertiary/aromatic N) is 4. The molecule has 24 heavy (non-hydrogen) atoms. The average Bonchev–Trinajstić information content (AvgIpc) is 3.07. The van der Waals surface area contributed by atoms with Gasteiger partial charge in [-0.2, -0.15) is 5.10 Å². The van der Waals surface area contributed by atoms with Gasteiger partial charge < -0.3 is 5.32 Å². The molecule has 0 saturated heterocycles. The molecule has 2 aromatic heterocycles. The van der Waals surface area contributed by atoms with Crippen molar-refractivity contribution in [3.63, 3.8) is 0 Å². The van der Waals surface area contributed by atoms with Crippen molar-refractivity contribution < 1.29 is 9.72 Å². The standard InChI is InChI=1S/C15H15N5O3S/c1-9-3-4-11-13(7-9)24-15(16-11)17-14(21)5-6-19-8-12(20(22)23)10(2)18-19/h3-4,7-8H,5-6H2,1-2H3,(H,16,17,21). The number of aromatic nitrogens is 3. The number of fused-ring (bicyclic) bond motifs is 1. The fourth-order valence-electron chi connectivity index (χ4n) is 2.28. The minimum Gasteiger partial charge on any atom is -0.302 e. The number of rotatable bonds is 5. The predicted octanol–water partition coefficient (Wildman–Crippen LogP) is 3.05. The number of carbonyl (C=O) groups is 1. The van der Waals surface area contributed by atoms with Crippen LogP contribution in [-0.4, -0.2) is 25.6 Å². The lowest BCUT2D eigenvalue weighted by molar-refractivity contribution is -0.385. The first-order chi connectivity index (χ1) is 11.4. The van der Waals surface area contributed by atoms with Crippen LogP contribution in [-0.2, 0) is 11.3 Å². The Balaban J connectivity index is 1.62. The van der Waals surface area contributed by atoms with Crippen LogP contribution in [0.1, 0.15) is 17.7 Å². The summed E-state index contributed by atoms with van der Waals surface area (Å²) in [6.07, 6.45) is 1.50. The van der Waals surface area contributed by atoms with Crippen molar-refractivity contribution in [1.29, 1.82) is 0 Å². The number of aryl methyl sites for hydroxylation is 3. The second-order valence-corrected chi connectivity index (χ2v) is 6.44. The molecule has 0 saturated carbocycles. The molecular weight excluding hydrogens is 330 g/mol. The maximum Gasteiger partial charge on any atom is 0.309 e. The molecule has 9 heteroatoms. The van der Waals surface area contributed by atoms with Gasteiger partial charge in [0.15, 0.2) is 5.13 Å². The summed E-state index contributed by atoms with van der Waals surface area (Å²) in [5.41, 5.74) is 2.28. The van der Waals surface area contributed by atoms with E-state index in [1.54, 1.807) is 6.92 Å². The highest BCUT2D eigenvalue weighted by Gasteiger charge is 2.16. The van der Waals surface area contributed by atoms with E-state index in [0.717, 1.165) is 15.8 Å². The summed E-state index contributed by atoms with van der Waals surface area (Å²) in [4.78, 5) is 26.7. The molecule has 1 N–H and O–H groups in total. The zero-order chi connectivity index (χ0) is 17.3. The molecular formula is C15H15N5O3S. The number of hydrogen-bond donors (Lipinski definition) is 1. The molecule has 0 fully saturated rings. The highest BCUT2D eigenvalue weighted by Crippen LogP contribution is 2.26. The van der Waals surface area contributed by atoms with Crippen LogP contribution in [0.4, 0.5) is 10.8 Å². The average molecular weight is 345 g/mol. The number of benzene rings is 1. The summed E-state index contributed by atoms with van der Waals surface area (Å²) in [6.45, 7) is 3.84. The summed E-state index contributed by atoms with van der Waals surface area (Å²) in [6, 6.07) is 5.91. The number of thiazole rings is 1. The molecule has 0 aliphatic heterocycles. The Hall–Kier alpha value is -2.81. The van der Waals surface area contributed by atoms with Crippen molar-refractivity contribution in [3.8, 4) is 0 Å². The zero-order valence-corrected chi connectivity index (χ0v) is 14.0. The molecule has 1 amide bonds. The number of nitro groups is 1. The summed E-state index contributed by atoms with van der Waals surface area (Å²) in [5.74, 6) is -0.207. The summed E-state index contributed by atoms with van der Waals surface area (Å²) >= 11 is 1.42. The summed E-state index contributed by atoms with van der Waals surface area (Å²) in [5, 5.41) is 18.1. The first-order valence-electron chi connectivity index (χ1n) is 7.28.